The van der Waals surface area contributed by atoms with Gasteiger partial charge in [0.25, 0.3) is 5.91 Å². The summed E-state index contributed by atoms with van der Waals surface area (Å²) in [6.45, 7) is 3.78. The van der Waals surface area contributed by atoms with Crippen molar-refractivity contribution in [3.63, 3.8) is 0 Å². The number of hydrogen-bond donors (Lipinski definition) is 2. The molecule has 0 aliphatic heterocycles. The van der Waals surface area contributed by atoms with Gasteiger partial charge in [0.05, 0.1) is 0 Å². The van der Waals surface area contributed by atoms with E-state index < -0.39 is 5.82 Å². The van der Waals surface area contributed by atoms with E-state index >= 15 is 0 Å². The summed E-state index contributed by atoms with van der Waals surface area (Å²) in [5.74, 6) is -0.760. The van der Waals surface area contributed by atoms with E-state index in [2.05, 4.69) is 5.32 Å². The monoisotopic (exact) mass is 302 g/mol. The zero-order valence-electron chi connectivity index (χ0n) is 11.7. The first-order valence-corrected chi connectivity index (χ1v) is 6.77. The second-order valence-corrected chi connectivity index (χ2v) is 5.27. The number of amides is 1. The average Bonchev–Trinajstić information content (AvgIpc) is 2.43. The lowest BCUT2D eigenvalue weighted by Crippen LogP contribution is -2.16. The molecular weight excluding hydrogens is 287 g/mol. The summed E-state index contributed by atoms with van der Waals surface area (Å²) in [5, 5.41) is 2.73. The summed E-state index contributed by atoms with van der Waals surface area (Å²) in [7, 11) is 0. The van der Waals surface area contributed by atoms with E-state index in [1.807, 2.05) is 32.0 Å². The molecule has 3 N–H and O–H groups in total. The highest BCUT2D eigenvalue weighted by atomic mass is 32.1. The van der Waals surface area contributed by atoms with Crippen LogP contribution in [0.4, 0.5) is 10.1 Å². The molecule has 0 unspecified atom stereocenters. The minimum atomic E-state index is -0.507. The third-order valence-electron chi connectivity index (χ3n) is 3.13. The maximum Gasteiger partial charge on any atom is 0.255 e. The van der Waals surface area contributed by atoms with E-state index in [-0.39, 0.29) is 16.5 Å². The Morgan fingerprint density at radius 3 is 2.52 bits per heavy atom. The number of anilines is 1. The predicted octanol–water partition coefficient (Wildman–Crippen LogP) is 3.33. The molecule has 0 saturated carbocycles. The maximum atomic E-state index is 13.5. The van der Waals surface area contributed by atoms with Gasteiger partial charge in [0.1, 0.15) is 10.8 Å². The lowest BCUT2D eigenvalue weighted by atomic mass is 10.0. The van der Waals surface area contributed by atoms with Crippen LogP contribution >= 0.6 is 12.2 Å². The third kappa shape index (κ3) is 3.44. The number of aryl methyl sites for hydroxylation is 2. The zero-order chi connectivity index (χ0) is 15.6. The van der Waals surface area contributed by atoms with Crippen molar-refractivity contribution in [2.24, 2.45) is 5.73 Å². The molecule has 0 spiro atoms. The fourth-order valence-electron chi connectivity index (χ4n) is 1.97. The minimum Gasteiger partial charge on any atom is -0.389 e. The van der Waals surface area contributed by atoms with Gasteiger partial charge in [0.15, 0.2) is 0 Å². The molecule has 0 aliphatic rings. The molecule has 0 heterocycles. The van der Waals surface area contributed by atoms with Crippen molar-refractivity contribution in [2.45, 2.75) is 13.8 Å². The highest BCUT2D eigenvalue weighted by Gasteiger charge is 2.12. The van der Waals surface area contributed by atoms with E-state index in [4.69, 9.17) is 18.0 Å². The second-order valence-electron chi connectivity index (χ2n) is 4.83. The Labute approximate surface area is 128 Å². The summed E-state index contributed by atoms with van der Waals surface area (Å²) in [5.41, 5.74) is 8.46. The number of hydrogen-bond acceptors (Lipinski definition) is 2. The van der Waals surface area contributed by atoms with Crippen LogP contribution in [0.25, 0.3) is 0 Å². The van der Waals surface area contributed by atoms with Crippen LogP contribution in [0.3, 0.4) is 0 Å². The molecule has 2 aromatic rings. The number of rotatable bonds is 3. The van der Waals surface area contributed by atoms with E-state index in [1.54, 1.807) is 0 Å². The van der Waals surface area contributed by atoms with Gasteiger partial charge in [-0.1, -0.05) is 29.9 Å². The summed E-state index contributed by atoms with van der Waals surface area (Å²) >= 11 is 4.78. The average molecular weight is 302 g/mol. The van der Waals surface area contributed by atoms with Crippen LogP contribution in [-0.2, 0) is 0 Å². The number of halogens is 1. The van der Waals surface area contributed by atoms with Crippen molar-refractivity contribution in [3.05, 3.63) is 64.5 Å². The van der Waals surface area contributed by atoms with Crippen LogP contribution in [0.15, 0.2) is 36.4 Å². The van der Waals surface area contributed by atoms with E-state index in [0.717, 1.165) is 11.1 Å². The van der Waals surface area contributed by atoms with Crippen molar-refractivity contribution in [3.8, 4) is 0 Å². The van der Waals surface area contributed by atoms with Gasteiger partial charge in [-0.15, -0.1) is 0 Å². The van der Waals surface area contributed by atoms with Crippen LogP contribution in [0.1, 0.15) is 27.0 Å². The molecule has 1 amide bonds. The van der Waals surface area contributed by atoms with Crippen LogP contribution in [-0.4, -0.2) is 10.9 Å². The van der Waals surface area contributed by atoms with E-state index in [1.165, 1.54) is 18.2 Å². The van der Waals surface area contributed by atoms with Crippen LogP contribution in [0, 0.1) is 19.7 Å². The number of thiocarbonyl (C=S) groups is 1. The summed E-state index contributed by atoms with van der Waals surface area (Å²) in [6, 6.07) is 9.76. The van der Waals surface area contributed by atoms with Gasteiger partial charge in [-0.05, 0) is 43.7 Å². The van der Waals surface area contributed by atoms with Gasteiger partial charge >= 0.3 is 0 Å². The lowest BCUT2D eigenvalue weighted by Gasteiger charge is -2.10. The molecule has 21 heavy (non-hydrogen) atoms. The molecular formula is C16H15FN2OS. The van der Waals surface area contributed by atoms with E-state index in [0.29, 0.717) is 11.3 Å². The van der Waals surface area contributed by atoms with E-state index in [9.17, 15) is 9.18 Å². The fourth-order valence-corrected chi connectivity index (χ4v) is 2.13. The SMILES string of the molecule is Cc1ccc(C)c(C(=O)Nc2ccc(F)c(C(N)=S)c2)c1. The summed E-state index contributed by atoms with van der Waals surface area (Å²) < 4.78 is 13.5. The Balaban J connectivity index is 2.29. The molecule has 0 saturated heterocycles. The largest absolute Gasteiger partial charge is 0.389 e. The minimum absolute atomic E-state index is 0.0460. The molecule has 0 aromatic heterocycles. The second kappa shape index (κ2) is 6.01. The zero-order valence-corrected chi connectivity index (χ0v) is 12.6. The summed E-state index contributed by atoms with van der Waals surface area (Å²) in [6.07, 6.45) is 0. The normalized spacial score (nSPS) is 10.2. The molecule has 0 bridgehead atoms. The van der Waals surface area contributed by atoms with Crippen molar-refractivity contribution in [1.29, 1.82) is 0 Å². The van der Waals surface area contributed by atoms with Gasteiger partial charge in [0.2, 0.25) is 0 Å². The van der Waals surface area contributed by atoms with Crippen molar-refractivity contribution >= 4 is 28.8 Å². The number of nitrogens with one attached hydrogen (secondary N) is 1. The molecule has 0 fully saturated rings. The standard InChI is InChI=1S/C16H15FN2OS/c1-9-3-4-10(2)12(7-9)16(20)19-11-5-6-14(17)13(8-11)15(18)21/h3-8H,1-2H3,(H2,18,21)(H,19,20). The molecule has 5 heteroatoms. The fraction of sp³-hybridized carbons (Fsp3) is 0.125. The third-order valence-corrected chi connectivity index (χ3v) is 3.35. The number of carbonyl (C=O) groups excluding carboxylic acids is 1. The Morgan fingerprint density at radius 2 is 1.86 bits per heavy atom. The van der Waals surface area contributed by atoms with Crippen molar-refractivity contribution in [1.82, 2.24) is 0 Å². The maximum absolute atomic E-state index is 13.5. The number of carbonyl (C=O) groups is 1. The smallest absolute Gasteiger partial charge is 0.255 e. The van der Waals surface area contributed by atoms with Crippen LogP contribution in [0.5, 0.6) is 0 Å². The van der Waals surface area contributed by atoms with Crippen LogP contribution < -0.4 is 11.1 Å². The molecule has 0 aliphatic carbocycles. The van der Waals surface area contributed by atoms with Crippen molar-refractivity contribution in [2.75, 3.05) is 5.32 Å². The number of benzene rings is 2. The highest BCUT2D eigenvalue weighted by Crippen LogP contribution is 2.17. The summed E-state index contributed by atoms with van der Waals surface area (Å²) in [4.78, 5) is 12.2. The molecule has 2 rings (SSSR count). The first-order valence-electron chi connectivity index (χ1n) is 6.36. The molecule has 0 atom stereocenters. The molecule has 108 valence electrons. The first-order chi connectivity index (χ1) is 9.88. The Bertz CT molecular complexity index is 728. The van der Waals surface area contributed by atoms with Gasteiger partial charge < -0.3 is 11.1 Å². The molecule has 3 nitrogen and oxygen atoms in total. The Kier molecular flexibility index (Phi) is 4.33. The Morgan fingerprint density at radius 1 is 1.14 bits per heavy atom. The molecule has 0 radical (unpaired) electrons. The van der Waals surface area contributed by atoms with Gasteiger partial charge in [-0.3, -0.25) is 4.79 Å². The van der Waals surface area contributed by atoms with Gasteiger partial charge in [-0.25, -0.2) is 4.39 Å². The highest BCUT2D eigenvalue weighted by molar-refractivity contribution is 7.80. The predicted molar refractivity (Wildman–Crippen MR) is 86.2 cm³/mol. The first kappa shape index (κ1) is 15.1. The molecule has 2 aromatic carbocycles. The Hall–Kier alpha value is -2.27. The van der Waals surface area contributed by atoms with Gasteiger partial charge in [0, 0.05) is 16.8 Å². The van der Waals surface area contributed by atoms with Gasteiger partial charge in [-0.2, -0.15) is 0 Å². The lowest BCUT2D eigenvalue weighted by molar-refractivity contribution is 0.102. The van der Waals surface area contributed by atoms with Crippen molar-refractivity contribution < 1.29 is 9.18 Å². The van der Waals surface area contributed by atoms with Crippen LogP contribution in [0.2, 0.25) is 0 Å². The topological polar surface area (TPSA) is 55.1 Å². The quantitative estimate of drug-likeness (QED) is 0.855. The number of nitrogens with two attached hydrogens (primary N) is 1.